The second kappa shape index (κ2) is 7.41. The van der Waals surface area contributed by atoms with Crippen LogP contribution >= 0.6 is 11.3 Å². The van der Waals surface area contributed by atoms with Crippen molar-refractivity contribution in [1.29, 1.82) is 0 Å². The summed E-state index contributed by atoms with van der Waals surface area (Å²) in [4.78, 5) is 5.54. The fraction of sp³-hybridized carbons (Fsp3) is 0.750. The molecule has 1 aromatic rings. The third-order valence-electron chi connectivity index (χ3n) is 4.20. The van der Waals surface area contributed by atoms with Crippen molar-refractivity contribution in [3.05, 3.63) is 21.9 Å². The van der Waals surface area contributed by atoms with Gasteiger partial charge >= 0.3 is 0 Å². The van der Waals surface area contributed by atoms with Crippen molar-refractivity contribution in [2.45, 2.75) is 58.7 Å². The maximum Gasteiger partial charge on any atom is 0.0327 e. The molecule has 1 aliphatic rings. The minimum absolute atomic E-state index is 0.795. The monoisotopic (exact) mass is 280 g/mol. The zero-order chi connectivity index (χ0) is 13.7. The van der Waals surface area contributed by atoms with E-state index in [1.807, 2.05) is 11.3 Å². The largest absolute Gasteiger partial charge is 0.312 e. The first-order chi connectivity index (χ1) is 9.19. The maximum absolute atomic E-state index is 3.40. The molecule has 0 spiro atoms. The van der Waals surface area contributed by atoms with Gasteiger partial charge in [0.2, 0.25) is 0 Å². The standard InChI is InChI=1S/C16H28N2S/c1-4-17-11-15-8-9-16(19-15)12-18(3)14-7-5-6-13(2)10-14/h8-9,13-14,17H,4-7,10-12H2,1-3H3. The van der Waals surface area contributed by atoms with Crippen molar-refractivity contribution >= 4 is 11.3 Å². The van der Waals surface area contributed by atoms with Gasteiger partial charge in [-0.3, -0.25) is 4.90 Å². The number of hydrogen-bond donors (Lipinski definition) is 1. The summed E-state index contributed by atoms with van der Waals surface area (Å²) in [5.74, 6) is 0.911. The molecule has 0 bridgehead atoms. The molecule has 2 atom stereocenters. The zero-order valence-electron chi connectivity index (χ0n) is 12.6. The summed E-state index contributed by atoms with van der Waals surface area (Å²) in [6.07, 6.45) is 5.60. The van der Waals surface area contributed by atoms with Gasteiger partial charge in [-0.2, -0.15) is 0 Å². The predicted octanol–water partition coefficient (Wildman–Crippen LogP) is 3.87. The van der Waals surface area contributed by atoms with Gasteiger partial charge < -0.3 is 5.32 Å². The molecule has 2 unspecified atom stereocenters. The predicted molar refractivity (Wildman–Crippen MR) is 84.6 cm³/mol. The van der Waals surface area contributed by atoms with Gasteiger partial charge in [-0.15, -0.1) is 11.3 Å². The molecule has 108 valence electrons. The Morgan fingerprint density at radius 2 is 2.11 bits per heavy atom. The van der Waals surface area contributed by atoms with E-state index in [2.05, 4.69) is 43.2 Å². The zero-order valence-corrected chi connectivity index (χ0v) is 13.4. The Morgan fingerprint density at radius 1 is 1.32 bits per heavy atom. The van der Waals surface area contributed by atoms with E-state index in [1.165, 1.54) is 35.4 Å². The van der Waals surface area contributed by atoms with Crippen LogP contribution in [0.2, 0.25) is 0 Å². The Hall–Kier alpha value is -0.380. The van der Waals surface area contributed by atoms with E-state index in [0.717, 1.165) is 31.6 Å². The van der Waals surface area contributed by atoms with Crippen LogP contribution in [0.1, 0.15) is 49.3 Å². The first-order valence-corrected chi connectivity index (χ1v) is 8.49. The van der Waals surface area contributed by atoms with Gasteiger partial charge in [0.25, 0.3) is 0 Å². The minimum Gasteiger partial charge on any atom is -0.312 e. The molecule has 19 heavy (non-hydrogen) atoms. The fourth-order valence-electron chi connectivity index (χ4n) is 3.03. The topological polar surface area (TPSA) is 15.3 Å². The molecular formula is C16H28N2S. The summed E-state index contributed by atoms with van der Waals surface area (Å²) < 4.78 is 0. The highest BCUT2D eigenvalue weighted by molar-refractivity contribution is 7.11. The molecule has 0 saturated heterocycles. The van der Waals surface area contributed by atoms with Gasteiger partial charge in [-0.25, -0.2) is 0 Å². The number of hydrogen-bond acceptors (Lipinski definition) is 3. The van der Waals surface area contributed by atoms with Gasteiger partial charge in [0.1, 0.15) is 0 Å². The molecule has 1 aromatic heterocycles. The first-order valence-electron chi connectivity index (χ1n) is 7.67. The van der Waals surface area contributed by atoms with Gasteiger partial charge in [-0.1, -0.05) is 26.7 Å². The summed E-state index contributed by atoms with van der Waals surface area (Å²) in [6.45, 7) is 7.75. The summed E-state index contributed by atoms with van der Waals surface area (Å²) >= 11 is 1.96. The van der Waals surface area contributed by atoms with E-state index >= 15 is 0 Å². The van der Waals surface area contributed by atoms with Crippen LogP contribution < -0.4 is 5.32 Å². The molecule has 2 nitrogen and oxygen atoms in total. The van der Waals surface area contributed by atoms with Crippen LogP contribution in [0.4, 0.5) is 0 Å². The third kappa shape index (κ3) is 4.59. The van der Waals surface area contributed by atoms with Crippen LogP contribution in [0.5, 0.6) is 0 Å². The molecule has 2 rings (SSSR count). The lowest BCUT2D eigenvalue weighted by Gasteiger charge is -2.33. The van der Waals surface area contributed by atoms with E-state index in [1.54, 1.807) is 0 Å². The van der Waals surface area contributed by atoms with Crippen LogP contribution in [0.15, 0.2) is 12.1 Å². The molecule has 0 aliphatic heterocycles. The maximum atomic E-state index is 3.40. The number of nitrogens with one attached hydrogen (secondary N) is 1. The lowest BCUT2D eigenvalue weighted by atomic mass is 9.86. The molecule has 1 fully saturated rings. The molecule has 1 heterocycles. The second-order valence-corrected chi connectivity index (χ2v) is 7.24. The van der Waals surface area contributed by atoms with Gasteiger partial charge in [0.15, 0.2) is 0 Å². The summed E-state index contributed by atoms with van der Waals surface area (Å²) in [5, 5.41) is 3.40. The average molecular weight is 280 g/mol. The second-order valence-electron chi connectivity index (χ2n) is 5.99. The lowest BCUT2D eigenvalue weighted by Crippen LogP contribution is -2.34. The molecule has 0 amide bonds. The number of thiophene rings is 1. The van der Waals surface area contributed by atoms with Crippen LogP contribution in [-0.4, -0.2) is 24.5 Å². The third-order valence-corrected chi connectivity index (χ3v) is 5.27. The normalized spacial score (nSPS) is 24.0. The van der Waals surface area contributed by atoms with Crippen molar-refractivity contribution in [3.8, 4) is 0 Å². The van der Waals surface area contributed by atoms with E-state index in [-0.39, 0.29) is 0 Å². The molecule has 0 aromatic carbocycles. The Labute approximate surface area is 122 Å². The first kappa shape index (κ1) is 15.0. The number of rotatable bonds is 6. The highest BCUT2D eigenvalue weighted by Gasteiger charge is 2.22. The Balaban J connectivity index is 1.84. The molecule has 3 heteroatoms. The smallest absolute Gasteiger partial charge is 0.0327 e. The van der Waals surface area contributed by atoms with Crippen molar-refractivity contribution < 1.29 is 0 Å². The van der Waals surface area contributed by atoms with Crippen LogP contribution in [0, 0.1) is 5.92 Å². The van der Waals surface area contributed by atoms with Crippen LogP contribution in [0.3, 0.4) is 0 Å². The molecular weight excluding hydrogens is 252 g/mol. The molecule has 1 N–H and O–H groups in total. The van der Waals surface area contributed by atoms with Crippen LogP contribution in [0.25, 0.3) is 0 Å². The van der Waals surface area contributed by atoms with Crippen LogP contribution in [-0.2, 0) is 13.1 Å². The average Bonchev–Trinajstić information content (AvgIpc) is 2.84. The summed E-state index contributed by atoms with van der Waals surface area (Å²) in [6, 6.07) is 5.38. The van der Waals surface area contributed by atoms with Crippen molar-refractivity contribution in [1.82, 2.24) is 10.2 Å². The van der Waals surface area contributed by atoms with E-state index in [4.69, 9.17) is 0 Å². The van der Waals surface area contributed by atoms with Crippen molar-refractivity contribution in [2.75, 3.05) is 13.6 Å². The van der Waals surface area contributed by atoms with Crippen molar-refractivity contribution in [3.63, 3.8) is 0 Å². The number of nitrogens with zero attached hydrogens (tertiary/aromatic N) is 1. The Kier molecular flexibility index (Phi) is 5.86. The van der Waals surface area contributed by atoms with Gasteiger partial charge in [0.05, 0.1) is 0 Å². The highest BCUT2D eigenvalue weighted by Crippen LogP contribution is 2.28. The van der Waals surface area contributed by atoms with Crippen molar-refractivity contribution in [2.24, 2.45) is 5.92 Å². The fourth-order valence-corrected chi connectivity index (χ4v) is 4.08. The van der Waals surface area contributed by atoms with Gasteiger partial charge in [0, 0.05) is 28.9 Å². The van der Waals surface area contributed by atoms with E-state index in [0.29, 0.717) is 0 Å². The highest BCUT2D eigenvalue weighted by atomic mass is 32.1. The quantitative estimate of drug-likeness (QED) is 0.851. The Morgan fingerprint density at radius 3 is 2.84 bits per heavy atom. The lowest BCUT2D eigenvalue weighted by molar-refractivity contribution is 0.159. The minimum atomic E-state index is 0.795. The molecule has 1 saturated carbocycles. The SMILES string of the molecule is CCNCc1ccc(CN(C)C2CCCC(C)C2)s1. The van der Waals surface area contributed by atoms with Gasteiger partial charge in [-0.05, 0) is 44.5 Å². The summed E-state index contributed by atoms with van der Waals surface area (Å²) in [5.41, 5.74) is 0. The molecule has 0 radical (unpaired) electrons. The Bertz CT molecular complexity index is 375. The van der Waals surface area contributed by atoms with E-state index in [9.17, 15) is 0 Å². The summed E-state index contributed by atoms with van der Waals surface area (Å²) in [7, 11) is 2.30. The molecule has 1 aliphatic carbocycles. The van der Waals surface area contributed by atoms with E-state index < -0.39 is 0 Å².